The molecule has 2 rings (SSSR count). The van der Waals surface area contributed by atoms with Crippen LogP contribution in [0.1, 0.15) is 12.8 Å². The van der Waals surface area contributed by atoms with Gasteiger partial charge in [0.25, 0.3) is 0 Å². The molecule has 2 nitrogen and oxygen atoms in total. The maximum Gasteiger partial charge on any atom is 0.166 e. The third kappa shape index (κ3) is 3.76. The first kappa shape index (κ1) is 11.9. The molecule has 0 saturated heterocycles. The lowest BCUT2D eigenvalue weighted by molar-refractivity contribution is 0.298. The van der Waals surface area contributed by atoms with Crippen molar-refractivity contribution in [1.82, 2.24) is 5.32 Å². The number of ether oxygens (including phenoxy) is 1. The number of hydrogen-bond donors (Lipinski definition) is 1. The lowest BCUT2D eigenvalue weighted by Crippen LogP contribution is -2.23. The number of nitrogens with one attached hydrogen (secondary N) is 1. The molecule has 0 atom stereocenters. The van der Waals surface area contributed by atoms with Crippen molar-refractivity contribution in [3.05, 3.63) is 28.5 Å². The van der Waals surface area contributed by atoms with Crippen LogP contribution in [0.25, 0.3) is 0 Å². The molecule has 0 unspecified atom stereocenters. The van der Waals surface area contributed by atoms with Crippen LogP contribution in [0.4, 0.5) is 4.39 Å². The van der Waals surface area contributed by atoms with Gasteiger partial charge in [0, 0.05) is 11.0 Å². The van der Waals surface area contributed by atoms with Gasteiger partial charge in [0.15, 0.2) is 11.6 Å². The average molecular weight is 288 g/mol. The first-order valence-corrected chi connectivity index (χ1v) is 6.33. The van der Waals surface area contributed by atoms with E-state index < -0.39 is 0 Å². The summed E-state index contributed by atoms with van der Waals surface area (Å²) in [4.78, 5) is 0. The van der Waals surface area contributed by atoms with Crippen molar-refractivity contribution in [2.24, 2.45) is 5.92 Å². The summed E-state index contributed by atoms with van der Waals surface area (Å²) >= 11 is 3.20. The van der Waals surface area contributed by atoms with Gasteiger partial charge in [-0.3, -0.25) is 0 Å². The molecule has 0 amide bonds. The molecule has 1 saturated carbocycles. The van der Waals surface area contributed by atoms with Crippen LogP contribution in [0.5, 0.6) is 5.75 Å². The summed E-state index contributed by atoms with van der Waals surface area (Å²) in [5.74, 6) is 0.859. The van der Waals surface area contributed by atoms with Gasteiger partial charge in [-0.05, 0) is 43.5 Å². The van der Waals surface area contributed by atoms with E-state index in [1.165, 1.54) is 18.9 Å². The minimum Gasteiger partial charge on any atom is -0.489 e. The molecule has 0 aliphatic heterocycles. The Morgan fingerprint density at radius 3 is 2.94 bits per heavy atom. The Hall–Kier alpha value is -0.610. The maximum atomic E-state index is 13.3. The second kappa shape index (κ2) is 5.64. The summed E-state index contributed by atoms with van der Waals surface area (Å²) in [6.45, 7) is 2.34. The minimum absolute atomic E-state index is 0.316. The second-order valence-electron chi connectivity index (χ2n) is 4.07. The van der Waals surface area contributed by atoms with Crippen LogP contribution in [0.3, 0.4) is 0 Å². The van der Waals surface area contributed by atoms with Crippen LogP contribution in [0, 0.1) is 11.7 Å². The summed E-state index contributed by atoms with van der Waals surface area (Å²) < 4.78 is 19.4. The Bertz CT molecular complexity index is 355. The van der Waals surface area contributed by atoms with Gasteiger partial charge in [0.05, 0.1) is 0 Å². The van der Waals surface area contributed by atoms with E-state index in [2.05, 4.69) is 21.2 Å². The fraction of sp³-hybridized carbons (Fsp3) is 0.500. The van der Waals surface area contributed by atoms with Crippen molar-refractivity contribution in [3.8, 4) is 5.75 Å². The quantitative estimate of drug-likeness (QED) is 0.813. The van der Waals surface area contributed by atoms with Crippen LogP contribution in [-0.4, -0.2) is 19.7 Å². The topological polar surface area (TPSA) is 21.3 Å². The smallest absolute Gasteiger partial charge is 0.166 e. The zero-order valence-corrected chi connectivity index (χ0v) is 10.6. The summed E-state index contributed by atoms with van der Waals surface area (Å²) in [7, 11) is 0. The van der Waals surface area contributed by atoms with E-state index in [0.29, 0.717) is 12.4 Å². The van der Waals surface area contributed by atoms with Crippen molar-refractivity contribution in [2.75, 3.05) is 19.7 Å². The molecule has 4 heteroatoms. The first-order chi connectivity index (χ1) is 7.75. The molecule has 88 valence electrons. The van der Waals surface area contributed by atoms with E-state index in [1.54, 1.807) is 12.1 Å². The van der Waals surface area contributed by atoms with Crippen LogP contribution < -0.4 is 10.1 Å². The zero-order valence-electron chi connectivity index (χ0n) is 9.01. The minimum atomic E-state index is -0.323. The Labute approximate surface area is 103 Å². The molecule has 1 aromatic carbocycles. The number of halogens is 2. The lowest BCUT2D eigenvalue weighted by atomic mass is 10.3. The molecular weight excluding hydrogens is 273 g/mol. The van der Waals surface area contributed by atoms with Crippen LogP contribution in [0.2, 0.25) is 0 Å². The molecule has 0 heterocycles. The molecule has 0 bridgehead atoms. The molecule has 16 heavy (non-hydrogen) atoms. The highest BCUT2D eigenvalue weighted by Gasteiger charge is 2.19. The van der Waals surface area contributed by atoms with E-state index in [1.807, 2.05) is 0 Å². The highest BCUT2D eigenvalue weighted by Crippen LogP contribution is 2.27. The Morgan fingerprint density at radius 2 is 2.25 bits per heavy atom. The van der Waals surface area contributed by atoms with Crippen molar-refractivity contribution >= 4 is 15.9 Å². The first-order valence-electron chi connectivity index (χ1n) is 5.54. The van der Waals surface area contributed by atoms with E-state index in [9.17, 15) is 4.39 Å². The van der Waals surface area contributed by atoms with Gasteiger partial charge in [0.1, 0.15) is 6.61 Å². The van der Waals surface area contributed by atoms with Gasteiger partial charge in [-0.1, -0.05) is 15.9 Å². The highest BCUT2D eigenvalue weighted by atomic mass is 79.9. The third-order valence-corrected chi connectivity index (χ3v) is 3.05. The van der Waals surface area contributed by atoms with Crippen molar-refractivity contribution in [2.45, 2.75) is 12.8 Å². The van der Waals surface area contributed by atoms with E-state index in [4.69, 9.17) is 4.74 Å². The number of rotatable bonds is 6. The normalized spacial score (nSPS) is 15.1. The standard InChI is InChI=1S/C12H15BrFNO/c13-10-3-4-12(11(14)7-10)16-6-5-15-8-9-1-2-9/h3-4,7,9,15H,1-2,5-6,8H2. The van der Waals surface area contributed by atoms with Crippen molar-refractivity contribution in [1.29, 1.82) is 0 Å². The number of hydrogen-bond acceptors (Lipinski definition) is 2. The molecule has 0 spiro atoms. The van der Waals surface area contributed by atoms with Gasteiger partial charge in [-0.25, -0.2) is 4.39 Å². The predicted octanol–water partition coefficient (Wildman–Crippen LogP) is 2.97. The van der Waals surface area contributed by atoms with E-state index in [-0.39, 0.29) is 5.82 Å². The molecule has 1 aromatic rings. The molecule has 0 aromatic heterocycles. The molecule has 1 N–H and O–H groups in total. The van der Waals surface area contributed by atoms with Gasteiger partial charge >= 0.3 is 0 Å². The Balaban J connectivity index is 1.67. The second-order valence-corrected chi connectivity index (χ2v) is 4.99. The average Bonchev–Trinajstić information content (AvgIpc) is 3.04. The third-order valence-electron chi connectivity index (χ3n) is 2.56. The number of benzene rings is 1. The summed E-state index contributed by atoms with van der Waals surface area (Å²) in [5, 5.41) is 3.29. The fourth-order valence-corrected chi connectivity index (χ4v) is 1.79. The van der Waals surface area contributed by atoms with E-state index >= 15 is 0 Å². The van der Waals surface area contributed by atoms with Crippen LogP contribution >= 0.6 is 15.9 Å². The van der Waals surface area contributed by atoms with E-state index in [0.717, 1.165) is 23.5 Å². The Kier molecular flexibility index (Phi) is 4.18. The van der Waals surface area contributed by atoms with Gasteiger partial charge < -0.3 is 10.1 Å². The summed E-state index contributed by atoms with van der Waals surface area (Å²) in [5.41, 5.74) is 0. The zero-order chi connectivity index (χ0) is 11.4. The van der Waals surface area contributed by atoms with Crippen molar-refractivity contribution < 1.29 is 9.13 Å². The van der Waals surface area contributed by atoms with Gasteiger partial charge in [-0.15, -0.1) is 0 Å². The molecule has 0 radical (unpaired) electrons. The molecule has 1 aliphatic carbocycles. The highest BCUT2D eigenvalue weighted by molar-refractivity contribution is 9.10. The van der Waals surface area contributed by atoms with Crippen LogP contribution in [-0.2, 0) is 0 Å². The van der Waals surface area contributed by atoms with Gasteiger partial charge in [-0.2, -0.15) is 0 Å². The monoisotopic (exact) mass is 287 g/mol. The summed E-state index contributed by atoms with van der Waals surface area (Å²) in [6.07, 6.45) is 2.68. The fourth-order valence-electron chi connectivity index (χ4n) is 1.45. The Morgan fingerprint density at radius 1 is 1.44 bits per heavy atom. The predicted molar refractivity (Wildman–Crippen MR) is 65.2 cm³/mol. The molecular formula is C12H15BrFNO. The molecule has 1 fully saturated rings. The maximum absolute atomic E-state index is 13.3. The molecule has 1 aliphatic rings. The SMILES string of the molecule is Fc1cc(Br)ccc1OCCNCC1CC1. The van der Waals surface area contributed by atoms with Crippen LogP contribution in [0.15, 0.2) is 22.7 Å². The largest absolute Gasteiger partial charge is 0.489 e. The lowest BCUT2D eigenvalue weighted by Gasteiger charge is -2.08. The van der Waals surface area contributed by atoms with Crippen molar-refractivity contribution in [3.63, 3.8) is 0 Å². The van der Waals surface area contributed by atoms with Gasteiger partial charge in [0.2, 0.25) is 0 Å². The summed E-state index contributed by atoms with van der Waals surface area (Å²) in [6, 6.07) is 4.82.